The third-order valence-electron chi connectivity index (χ3n) is 1.84. The van der Waals surface area contributed by atoms with Crippen LogP contribution in [0.15, 0.2) is 30.5 Å². The summed E-state index contributed by atoms with van der Waals surface area (Å²) in [7, 11) is 0. The summed E-state index contributed by atoms with van der Waals surface area (Å²) in [5.41, 5.74) is -0.144. The number of halogens is 3. The Balaban J connectivity index is 2.63. The summed E-state index contributed by atoms with van der Waals surface area (Å²) in [6, 6.07) is 4.28. The van der Waals surface area contributed by atoms with Crippen LogP contribution in [0.1, 0.15) is 0 Å². The molecule has 1 heterocycles. The van der Waals surface area contributed by atoms with Gasteiger partial charge in [-0.05, 0) is 18.2 Å². The maximum Gasteiger partial charge on any atom is 0.168 e. The first-order valence-electron chi connectivity index (χ1n) is 4.11. The van der Waals surface area contributed by atoms with Crippen molar-refractivity contribution >= 4 is 0 Å². The average molecular weight is 210 g/mol. The maximum absolute atomic E-state index is 13.3. The van der Waals surface area contributed by atoms with Gasteiger partial charge >= 0.3 is 0 Å². The molecule has 0 aliphatic carbocycles. The van der Waals surface area contributed by atoms with E-state index < -0.39 is 17.5 Å². The molecule has 1 aromatic heterocycles. The first-order chi connectivity index (χ1) is 7.18. The van der Waals surface area contributed by atoms with Crippen molar-refractivity contribution in [3.05, 3.63) is 47.9 Å². The van der Waals surface area contributed by atoms with E-state index >= 15 is 0 Å². The Bertz CT molecular complexity index is 486. The lowest BCUT2D eigenvalue weighted by Gasteiger charge is -2.02. The summed E-state index contributed by atoms with van der Waals surface area (Å²) >= 11 is 0. The van der Waals surface area contributed by atoms with E-state index in [0.717, 1.165) is 6.07 Å². The third kappa shape index (κ3) is 1.81. The highest BCUT2D eigenvalue weighted by molar-refractivity contribution is 5.59. The maximum atomic E-state index is 13.3. The zero-order chi connectivity index (χ0) is 10.8. The van der Waals surface area contributed by atoms with Crippen LogP contribution in [0.2, 0.25) is 0 Å². The van der Waals surface area contributed by atoms with Crippen molar-refractivity contribution in [1.82, 2.24) is 10.2 Å². The van der Waals surface area contributed by atoms with Crippen molar-refractivity contribution < 1.29 is 13.2 Å². The highest BCUT2D eigenvalue weighted by Gasteiger charge is 2.13. The first kappa shape index (κ1) is 9.64. The molecule has 5 heteroatoms. The second-order valence-electron chi connectivity index (χ2n) is 2.86. The standard InChI is InChI=1S/C10H5F3N2/c11-6-4-7(10(13)8(12)5-6)9-2-1-3-14-15-9/h1-5H. The van der Waals surface area contributed by atoms with Crippen LogP contribution >= 0.6 is 0 Å². The predicted octanol–water partition coefficient (Wildman–Crippen LogP) is 2.56. The molecule has 0 saturated heterocycles. The van der Waals surface area contributed by atoms with Crippen LogP contribution < -0.4 is 0 Å². The lowest BCUT2D eigenvalue weighted by Crippen LogP contribution is -1.94. The van der Waals surface area contributed by atoms with E-state index in [9.17, 15) is 13.2 Å². The van der Waals surface area contributed by atoms with Gasteiger partial charge in [0.1, 0.15) is 5.82 Å². The van der Waals surface area contributed by atoms with Gasteiger partial charge in [-0.3, -0.25) is 0 Å². The van der Waals surface area contributed by atoms with Crippen molar-refractivity contribution in [3.8, 4) is 11.3 Å². The summed E-state index contributed by atoms with van der Waals surface area (Å²) in [6.07, 6.45) is 1.39. The Morgan fingerprint density at radius 2 is 1.87 bits per heavy atom. The Kier molecular flexibility index (Phi) is 2.37. The fourth-order valence-corrected chi connectivity index (χ4v) is 1.19. The molecule has 0 bridgehead atoms. The van der Waals surface area contributed by atoms with Gasteiger partial charge in [0.25, 0.3) is 0 Å². The van der Waals surface area contributed by atoms with Crippen molar-refractivity contribution in [2.24, 2.45) is 0 Å². The topological polar surface area (TPSA) is 25.8 Å². The lowest BCUT2D eigenvalue weighted by atomic mass is 10.1. The van der Waals surface area contributed by atoms with E-state index in [4.69, 9.17) is 0 Å². The minimum absolute atomic E-state index is 0.0911. The van der Waals surface area contributed by atoms with E-state index in [-0.39, 0.29) is 11.3 Å². The molecular formula is C10H5F3N2. The van der Waals surface area contributed by atoms with Crippen LogP contribution in [-0.2, 0) is 0 Å². The highest BCUT2D eigenvalue weighted by atomic mass is 19.2. The van der Waals surface area contributed by atoms with Crippen LogP contribution in [-0.4, -0.2) is 10.2 Å². The van der Waals surface area contributed by atoms with E-state index in [2.05, 4.69) is 10.2 Å². The molecule has 0 aliphatic rings. The first-order valence-corrected chi connectivity index (χ1v) is 4.11. The third-order valence-corrected chi connectivity index (χ3v) is 1.84. The fourth-order valence-electron chi connectivity index (χ4n) is 1.19. The number of aromatic nitrogens is 2. The molecule has 0 radical (unpaired) electrons. The van der Waals surface area contributed by atoms with Gasteiger partial charge in [-0.15, -0.1) is 0 Å². The van der Waals surface area contributed by atoms with Gasteiger partial charge in [0, 0.05) is 17.8 Å². The number of hydrogen-bond acceptors (Lipinski definition) is 2. The smallest absolute Gasteiger partial charge is 0.168 e. The molecule has 2 nitrogen and oxygen atoms in total. The van der Waals surface area contributed by atoms with Gasteiger partial charge in [0.05, 0.1) is 5.69 Å². The van der Waals surface area contributed by atoms with Crippen LogP contribution in [0.25, 0.3) is 11.3 Å². The molecule has 0 saturated carbocycles. The quantitative estimate of drug-likeness (QED) is 0.676. The largest absolute Gasteiger partial charge is 0.207 e. The summed E-state index contributed by atoms with van der Waals surface area (Å²) in [5, 5.41) is 7.07. The average Bonchev–Trinajstić information content (AvgIpc) is 2.24. The fraction of sp³-hybridized carbons (Fsp3) is 0. The minimum Gasteiger partial charge on any atom is -0.207 e. The summed E-state index contributed by atoms with van der Waals surface area (Å²) in [6.45, 7) is 0. The van der Waals surface area contributed by atoms with Gasteiger partial charge < -0.3 is 0 Å². The second kappa shape index (κ2) is 3.68. The van der Waals surface area contributed by atoms with E-state index in [0.29, 0.717) is 6.07 Å². The number of nitrogens with zero attached hydrogens (tertiary/aromatic N) is 2. The predicted molar refractivity (Wildman–Crippen MR) is 47.3 cm³/mol. The van der Waals surface area contributed by atoms with E-state index in [1.54, 1.807) is 0 Å². The monoisotopic (exact) mass is 210 g/mol. The molecule has 0 fully saturated rings. The normalized spacial score (nSPS) is 10.3. The Morgan fingerprint density at radius 3 is 2.53 bits per heavy atom. The second-order valence-corrected chi connectivity index (χ2v) is 2.86. The summed E-state index contributed by atoms with van der Waals surface area (Å²) in [5.74, 6) is -3.22. The van der Waals surface area contributed by atoms with Crippen LogP contribution in [0, 0.1) is 17.5 Å². The van der Waals surface area contributed by atoms with Crippen molar-refractivity contribution in [2.75, 3.05) is 0 Å². The molecule has 2 rings (SSSR count). The van der Waals surface area contributed by atoms with Gasteiger partial charge in [0.15, 0.2) is 11.6 Å². The van der Waals surface area contributed by atoms with E-state index in [1.165, 1.54) is 18.3 Å². The zero-order valence-corrected chi connectivity index (χ0v) is 7.42. The van der Waals surface area contributed by atoms with Gasteiger partial charge in [0.2, 0.25) is 0 Å². The number of benzene rings is 1. The summed E-state index contributed by atoms with van der Waals surface area (Å²) in [4.78, 5) is 0. The molecule has 0 amide bonds. The molecule has 1 aromatic carbocycles. The molecule has 0 aliphatic heterocycles. The van der Waals surface area contributed by atoms with Crippen molar-refractivity contribution in [2.45, 2.75) is 0 Å². The van der Waals surface area contributed by atoms with Crippen molar-refractivity contribution in [3.63, 3.8) is 0 Å². The number of rotatable bonds is 1. The minimum atomic E-state index is -1.24. The van der Waals surface area contributed by atoms with Crippen molar-refractivity contribution in [1.29, 1.82) is 0 Å². The molecule has 0 unspecified atom stereocenters. The van der Waals surface area contributed by atoms with E-state index in [1.807, 2.05) is 0 Å². The van der Waals surface area contributed by atoms with Crippen LogP contribution in [0.5, 0.6) is 0 Å². The molecule has 0 N–H and O–H groups in total. The molecular weight excluding hydrogens is 205 g/mol. The van der Waals surface area contributed by atoms with Gasteiger partial charge in [-0.25, -0.2) is 13.2 Å². The molecule has 2 aromatic rings. The summed E-state index contributed by atoms with van der Waals surface area (Å²) < 4.78 is 39.0. The lowest BCUT2D eigenvalue weighted by molar-refractivity contribution is 0.497. The Morgan fingerprint density at radius 1 is 1.07 bits per heavy atom. The zero-order valence-electron chi connectivity index (χ0n) is 7.42. The number of hydrogen-bond donors (Lipinski definition) is 0. The van der Waals surface area contributed by atoms with Gasteiger partial charge in [-0.1, -0.05) is 0 Å². The molecule has 0 atom stereocenters. The van der Waals surface area contributed by atoms with Crippen LogP contribution in [0.4, 0.5) is 13.2 Å². The highest BCUT2D eigenvalue weighted by Crippen LogP contribution is 2.23. The molecule has 76 valence electrons. The SMILES string of the molecule is Fc1cc(F)c(F)c(-c2cccnn2)c1. The Labute approximate surface area is 83.4 Å². The molecule has 15 heavy (non-hydrogen) atoms. The molecule has 0 spiro atoms. The Hall–Kier alpha value is -1.91. The van der Waals surface area contributed by atoms with Crippen LogP contribution in [0.3, 0.4) is 0 Å². The van der Waals surface area contributed by atoms with Gasteiger partial charge in [-0.2, -0.15) is 10.2 Å².